The van der Waals surface area contributed by atoms with Crippen molar-refractivity contribution in [2.45, 2.75) is 38.5 Å². The summed E-state index contributed by atoms with van der Waals surface area (Å²) in [7, 11) is 0. The first-order chi connectivity index (χ1) is 16.1. The molecule has 4 rings (SSSR count). The standard InChI is InChI=1S/C23H20FN3O7/c1-11(23(32)33)34-18-6-4-14(9-16(18)24)25-20(29)12-2-3-13-10-27(22(31)15(13)8-12)17-5-7-19(28)26-21(17)30/h2-4,6,8-9,11,17H,5,7,10H2,1H3,(H,25,29)(H,32,33)(H,26,28,30). The Kier molecular flexibility index (Phi) is 6.01. The number of hydrogen-bond donors (Lipinski definition) is 3. The number of carbonyl (C=O) groups excluding carboxylic acids is 4. The summed E-state index contributed by atoms with van der Waals surface area (Å²) in [6.45, 7) is 1.44. The number of nitrogens with one attached hydrogen (secondary N) is 2. The van der Waals surface area contributed by atoms with Crippen LogP contribution in [0.25, 0.3) is 0 Å². The van der Waals surface area contributed by atoms with Gasteiger partial charge in [0.05, 0.1) is 0 Å². The van der Waals surface area contributed by atoms with Gasteiger partial charge in [-0.2, -0.15) is 0 Å². The minimum absolute atomic E-state index is 0.106. The molecule has 2 unspecified atom stereocenters. The van der Waals surface area contributed by atoms with E-state index in [2.05, 4.69) is 10.6 Å². The fourth-order valence-electron chi connectivity index (χ4n) is 3.81. The Morgan fingerprint density at radius 1 is 1.21 bits per heavy atom. The predicted molar refractivity (Wildman–Crippen MR) is 115 cm³/mol. The second kappa shape index (κ2) is 8.93. The van der Waals surface area contributed by atoms with Gasteiger partial charge in [-0.3, -0.25) is 24.5 Å². The average molecular weight is 469 g/mol. The van der Waals surface area contributed by atoms with Crippen molar-refractivity contribution in [3.63, 3.8) is 0 Å². The number of carbonyl (C=O) groups is 5. The van der Waals surface area contributed by atoms with Gasteiger partial charge in [0.2, 0.25) is 11.8 Å². The number of nitrogens with zero attached hydrogens (tertiary/aromatic N) is 1. The van der Waals surface area contributed by atoms with Gasteiger partial charge >= 0.3 is 5.97 Å². The van der Waals surface area contributed by atoms with Crippen LogP contribution in [0.15, 0.2) is 36.4 Å². The van der Waals surface area contributed by atoms with Crippen molar-refractivity contribution in [2.75, 3.05) is 5.32 Å². The van der Waals surface area contributed by atoms with Crippen molar-refractivity contribution in [3.8, 4) is 5.75 Å². The quantitative estimate of drug-likeness (QED) is 0.547. The molecule has 1 fully saturated rings. The molecule has 2 heterocycles. The van der Waals surface area contributed by atoms with E-state index in [0.717, 1.165) is 6.07 Å². The lowest BCUT2D eigenvalue weighted by atomic mass is 10.0. The number of hydrogen-bond acceptors (Lipinski definition) is 6. The number of piperidine rings is 1. The normalized spacial score (nSPS) is 18.2. The molecule has 0 radical (unpaired) electrons. The van der Waals surface area contributed by atoms with Crippen LogP contribution < -0.4 is 15.4 Å². The zero-order valence-corrected chi connectivity index (χ0v) is 18.0. The first-order valence-electron chi connectivity index (χ1n) is 10.4. The summed E-state index contributed by atoms with van der Waals surface area (Å²) in [6, 6.07) is 7.31. The Labute approximate surface area is 192 Å². The molecule has 11 heteroatoms. The number of benzene rings is 2. The molecule has 3 N–H and O–H groups in total. The van der Waals surface area contributed by atoms with Crippen molar-refractivity contribution in [1.82, 2.24) is 10.2 Å². The van der Waals surface area contributed by atoms with Crippen LogP contribution in [0, 0.1) is 5.82 Å². The number of aliphatic carboxylic acids is 1. The largest absolute Gasteiger partial charge is 0.479 e. The van der Waals surface area contributed by atoms with Crippen molar-refractivity contribution < 1.29 is 38.2 Å². The maximum atomic E-state index is 14.3. The highest BCUT2D eigenvalue weighted by Crippen LogP contribution is 2.29. The molecule has 0 aliphatic carbocycles. The molecule has 10 nitrogen and oxygen atoms in total. The van der Waals surface area contributed by atoms with Crippen LogP contribution >= 0.6 is 0 Å². The van der Waals surface area contributed by atoms with Crippen LogP contribution in [0.3, 0.4) is 0 Å². The number of carboxylic acids is 1. The van der Waals surface area contributed by atoms with Gasteiger partial charge in [-0.1, -0.05) is 6.07 Å². The van der Waals surface area contributed by atoms with E-state index in [1.807, 2.05) is 0 Å². The molecule has 176 valence electrons. The van der Waals surface area contributed by atoms with Gasteiger partial charge in [0.1, 0.15) is 6.04 Å². The third-order valence-corrected chi connectivity index (χ3v) is 5.63. The molecule has 34 heavy (non-hydrogen) atoms. The second-order valence-electron chi connectivity index (χ2n) is 7.97. The highest BCUT2D eigenvalue weighted by atomic mass is 19.1. The van der Waals surface area contributed by atoms with Crippen molar-refractivity contribution >= 4 is 35.3 Å². The van der Waals surface area contributed by atoms with E-state index in [0.29, 0.717) is 5.56 Å². The summed E-state index contributed by atoms with van der Waals surface area (Å²) in [4.78, 5) is 61.4. The number of carboxylic acid groups (broad SMARTS) is 1. The zero-order chi connectivity index (χ0) is 24.6. The van der Waals surface area contributed by atoms with E-state index in [-0.39, 0.29) is 47.9 Å². The van der Waals surface area contributed by atoms with Gasteiger partial charge in [-0.15, -0.1) is 0 Å². The Morgan fingerprint density at radius 2 is 1.97 bits per heavy atom. The van der Waals surface area contributed by atoms with E-state index in [1.54, 1.807) is 6.07 Å². The Bertz CT molecular complexity index is 1230. The molecule has 2 aliphatic rings. The van der Waals surface area contributed by atoms with Gasteiger partial charge in [0, 0.05) is 35.8 Å². The van der Waals surface area contributed by atoms with Crippen LogP contribution in [-0.4, -0.2) is 51.8 Å². The maximum absolute atomic E-state index is 14.3. The molecule has 0 saturated carbocycles. The number of rotatable bonds is 6. The van der Waals surface area contributed by atoms with Crippen LogP contribution in [0.1, 0.15) is 46.0 Å². The fraction of sp³-hybridized carbons (Fsp3) is 0.261. The molecule has 0 spiro atoms. The number of ether oxygens (including phenoxy) is 1. The number of fused-ring (bicyclic) bond motifs is 1. The van der Waals surface area contributed by atoms with Crippen LogP contribution in [0.5, 0.6) is 5.75 Å². The topological polar surface area (TPSA) is 142 Å². The third-order valence-electron chi connectivity index (χ3n) is 5.63. The first kappa shape index (κ1) is 22.9. The second-order valence-corrected chi connectivity index (χ2v) is 7.97. The van der Waals surface area contributed by atoms with Crippen molar-refractivity contribution in [2.24, 2.45) is 0 Å². The minimum Gasteiger partial charge on any atom is -0.479 e. The summed E-state index contributed by atoms with van der Waals surface area (Å²) in [5, 5.41) is 13.6. The van der Waals surface area contributed by atoms with Gasteiger partial charge < -0.3 is 20.1 Å². The summed E-state index contributed by atoms with van der Waals surface area (Å²) in [6.07, 6.45) is -0.882. The lowest BCUT2D eigenvalue weighted by Gasteiger charge is -2.29. The SMILES string of the molecule is CC(Oc1ccc(NC(=O)c2ccc3c(c2)C(=O)N(C2CCC(=O)NC2=O)C3)cc1F)C(=O)O. The summed E-state index contributed by atoms with van der Waals surface area (Å²) >= 11 is 0. The molecule has 4 amide bonds. The maximum Gasteiger partial charge on any atom is 0.344 e. The van der Waals surface area contributed by atoms with E-state index in [4.69, 9.17) is 9.84 Å². The Hall–Kier alpha value is -4.28. The Balaban J connectivity index is 1.46. The van der Waals surface area contributed by atoms with Gasteiger partial charge in [-0.25, -0.2) is 9.18 Å². The lowest BCUT2D eigenvalue weighted by molar-refractivity contribution is -0.144. The zero-order valence-electron chi connectivity index (χ0n) is 18.0. The molecular weight excluding hydrogens is 449 g/mol. The van der Waals surface area contributed by atoms with Gasteiger partial charge in [-0.05, 0) is 43.2 Å². The summed E-state index contributed by atoms with van der Waals surface area (Å²) < 4.78 is 19.3. The van der Waals surface area contributed by atoms with Crippen LogP contribution in [-0.2, 0) is 20.9 Å². The molecule has 0 aromatic heterocycles. The molecule has 1 saturated heterocycles. The highest BCUT2D eigenvalue weighted by molar-refractivity contribution is 6.08. The fourth-order valence-corrected chi connectivity index (χ4v) is 3.81. The smallest absolute Gasteiger partial charge is 0.344 e. The average Bonchev–Trinajstić information content (AvgIpc) is 3.11. The monoisotopic (exact) mass is 469 g/mol. The lowest BCUT2D eigenvalue weighted by Crippen LogP contribution is -2.52. The van der Waals surface area contributed by atoms with Crippen molar-refractivity contribution in [1.29, 1.82) is 0 Å². The number of halogens is 1. The van der Waals surface area contributed by atoms with E-state index < -0.39 is 41.7 Å². The molecule has 2 aliphatic heterocycles. The molecule has 2 aromatic carbocycles. The molecule has 0 bridgehead atoms. The minimum atomic E-state index is -1.25. The molecular formula is C23H20FN3O7. The van der Waals surface area contributed by atoms with E-state index >= 15 is 0 Å². The van der Waals surface area contributed by atoms with E-state index in [1.165, 1.54) is 36.1 Å². The summed E-state index contributed by atoms with van der Waals surface area (Å²) in [5.74, 6) is -4.29. The van der Waals surface area contributed by atoms with Crippen LogP contribution in [0.4, 0.5) is 10.1 Å². The predicted octanol–water partition coefficient (Wildman–Crippen LogP) is 1.69. The van der Waals surface area contributed by atoms with Crippen molar-refractivity contribution in [3.05, 3.63) is 58.9 Å². The summed E-state index contributed by atoms with van der Waals surface area (Å²) in [5.41, 5.74) is 1.17. The van der Waals surface area contributed by atoms with Gasteiger partial charge in [0.25, 0.3) is 11.8 Å². The highest BCUT2D eigenvalue weighted by Gasteiger charge is 2.39. The molecule has 2 aromatic rings. The first-order valence-corrected chi connectivity index (χ1v) is 10.4. The number of amides is 4. The third kappa shape index (κ3) is 4.45. The number of anilines is 1. The number of imide groups is 1. The van der Waals surface area contributed by atoms with E-state index in [9.17, 15) is 28.4 Å². The van der Waals surface area contributed by atoms with Crippen LogP contribution in [0.2, 0.25) is 0 Å². The molecule has 2 atom stereocenters. The van der Waals surface area contributed by atoms with Gasteiger partial charge in [0.15, 0.2) is 17.7 Å². The Morgan fingerprint density at radius 3 is 2.65 bits per heavy atom.